The van der Waals surface area contributed by atoms with Gasteiger partial charge in [0.05, 0.1) is 12.2 Å². The van der Waals surface area contributed by atoms with Gasteiger partial charge in [0, 0.05) is 0 Å². The van der Waals surface area contributed by atoms with Gasteiger partial charge >= 0.3 is 0 Å². The molecule has 2 heteroatoms. The molecule has 0 saturated carbocycles. The minimum atomic E-state index is -0.349. The summed E-state index contributed by atoms with van der Waals surface area (Å²) in [6.45, 7) is 0. The lowest BCUT2D eigenvalue weighted by Crippen LogP contribution is -2.31. The second kappa shape index (κ2) is 11.8. The summed E-state index contributed by atoms with van der Waals surface area (Å²) >= 11 is 0. The van der Waals surface area contributed by atoms with Crippen LogP contribution in [0.2, 0.25) is 0 Å². The zero-order valence-electron chi connectivity index (χ0n) is 26.5. The molecule has 2 nitrogen and oxygen atoms in total. The van der Waals surface area contributed by atoms with Gasteiger partial charge in [-0.3, -0.25) is 5.32 Å². The quantitative estimate of drug-likeness (QED) is 0.111. The molecule has 0 amide bonds. The van der Waals surface area contributed by atoms with Gasteiger partial charge in [-0.2, -0.15) is 0 Å². The topological polar surface area (TPSA) is 38.0 Å². The minimum Gasteiger partial charge on any atom is -0.312 e. The van der Waals surface area contributed by atoms with Crippen LogP contribution in [0.3, 0.4) is 0 Å². The number of benzene rings is 9. The van der Waals surface area contributed by atoms with Crippen molar-refractivity contribution in [1.29, 1.82) is 0 Å². The van der Waals surface area contributed by atoms with Crippen molar-refractivity contribution in [3.8, 4) is 0 Å². The number of hydrogen-bond donors (Lipinski definition) is 2. The summed E-state index contributed by atoms with van der Waals surface area (Å²) in [5, 5.41) is 18.9. The molecule has 0 aromatic heterocycles. The van der Waals surface area contributed by atoms with Crippen molar-refractivity contribution in [2.24, 2.45) is 5.73 Å². The first-order valence-electron chi connectivity index (χ1n) is 16.6. The first kappa shape index (κ1) is 28.4. The second-order valence-electron chi connectivity index (χ2n) is 12.7. The largest absolute Gasteiger partial charge is 0.312 e. The van der Waals surface area contributed by atoms with E-state index >= 15 is 0 Å². The fourth-order valence-corrected chi connectivity index (χ4v) is 7.56. The van der Waals surface area contributed by atoms with Gasteiger partial charge in [0.2, 0.25) is 0 Å². The van der Waals surface area contributed by atoms with Crippen LogP contribution < -0.4 is 11.1 Å². The van der Waals surface area contributed by atoms with E-state index in [2.05, 4.69) is 163 Å². The highest BCUT2D eigenvalue weighted by Gasteiger charge is 2.17. The number of nitrogens with one attached hydrogen (secondary N) is 1. The van der Waals surface area contributed by atoms with E-state index in [0.29, 0.717) is 0 Å². The molecule has 0 aliphatic rings. The number of rotatable bonds is 6. The van der Waals surface area contributed by atoms with Crippen LogP contribution in [0.4, 0.5) is 0 Å². The second-order valence-corrected chi connectivity index (χ2v) is 12.7. The Morgan fingerprint density at radius 3 is 1.62 bits per heavy atom. The summed E-state index contributed by atoms with van der Waals surface area (Å²) in [5.41, 5.74) is 10.3. The highest BCUT2D eigenvalue weighted by molar-refractivity contribution is 6.25. The summed E-state index contributed by atoms with van der Waals surface area (Å²) in [4.78, 5) is 0. The van der Waals surface area contributed by atoms with E-state index in [9.17, 15) is 0 Å². The Kier molecular flexibility index (Phi) is 6.97. The lowest BCUT2D eigenvalue weighted by molar-refractivity contribution is 0.509. The van der Waals surface area contributed by atoms with Crippen LogP contribution in [0.1, 0.15) is 28.9 Å². The predicted octanol–water partition coefficient (Wildman–Crippen LogP) is 11.6. The molecule has 0 bridgehead atoms. The minimum absolute atomic E-state index is 0.149. The van der Waals surface area contributed by atoms with Crippen LogP contribution in [0, 0.1) is 0 Å². The van der Waals surface area contributed by atoms with Crippen molar-refractivity contribution in [2.75, 3.05) is 0 Å². The molecule has 9 aromatic carbocycles. The number of hydrogen-bond acceptors (Lipinski definition) is 2. The molecule has 0 fully saturated rings. The summed E-state index contributed by atoms with van der Waals surface area (Å²) < 4.78 is 0. The fourth-order valence-electron chi connectivity index (χ4n) is 7.56. The van der Waals surface area contributed by atoms with E-state index in [4.69, 9.17) is 5.73 Å². The Hall–Kier alpha value is -5.80. The van der Waals surface area contributed by atoms with E-state index in [1.165, 1.54) is 75.8 Å². The molecule has 48 heavy (non-hydrogen) atoms. The zero-order chi connectivity index (χ0) is 32.0. The van der Waals surface area contributed by atoms with Gasteiger partial charge in [-0.05, 0) is 93.5 Å². The van der Waals surface area contributed by atoms with Crippen molar-refractivity contribution in [2.45, 2.75) is 12.2 Å². The van der Waals surface area contributed by atoms with Crippen LogP contribution in [0.5, 0.6) is 0 Å². The summed E-state index contributed by atoms with van der Waals surface area (Å²) in [6.07, 6.45) is 4.25. The van der Waals surface area contributed by atoms with Gasteiger partial charge in [0.1, 0.15) is 0 Å². The van der Waals surface area contributed by atoms with Gasteiger partial charge < -0.3 is 5.73 Å². The Morgan fingerprint density at radius 2 is 0.917 bits per heavy atom. The molecule has 0 heterocycles. The third-order valence-electron chi connectivity index (χ3n) is 9.91. The molecule has 2 unspecified atom stereocenters. The van der Waals surface area contributed by atoms with Gasteiger partial charge in [-0.25, -0.2) is 0 Å². The molecule has 0 radical (unpaired) electrons. The first-order chi connectivity index (χ1) is 23.7. The Morgan fingerprint density at radius 1 is 0.396 bits per heavy atom. The Labute approximate surface area is 279 Å². The molecule has 0 spiro atoms. The van der Waals surface area contributed by atoms with E-state index < -0.39 is 0 Å². The highest BCUT2D eigenvalue weighted by Crippen LogP contribution is 2.38. The van der Waals surface area contributed by atoms with Gasteiger partial charge in [0.15, 0.2) is 0 Å². The van der Waals surface area contributed by atoms with Crippen LogP contribution >= 0.6 is 0 Å². The number of nitrogens with two attached hydrogens (primary N) is 1. The Bertz CT molecular complexity index is 2640. The van der Waals surface area contributed by atoms with E-state index in [0.717, 1.165) is 5.56 Å². The average molecular weight is 615 g/mol. The Balaban J connectivity index is 1.25. The van der Waals surface area contributed by atoms with Gasteiger partial charge in [0.25, 0.3) is 0 Å². The molecule has 0 aliphatic carbocycles. The molecule has 9 rings (SSSR count). The smallest absolute Gasteiger partial charge is 0.0817 e. The molecule has 228 valence electrons. The number of fused-ring (bicyclic) bond motifs is 10. The van der Waals surface area contributed by atoms with Crippen LogP contribution in [-0.2, 0) is 0 Å². The van der Waals surface area contributed by atoms with E-state index in [1.807, 2.05) is 18.2 Å². The maximum Gasteiger partial charge on any atom is 0.0817 e. The van der Waals surface area contributed by atoms with Gasteiger partial charge in [-0.15, -0.1) is 0 Å². The van der Waals surface area contributed by atoms with Gasteiger partial charge in [-0.1, -0.05) is 164 Å². The van der Waals surface area contributed by atoms with Crippen molar-refractivity contribution < 1.29 is 0 Å². The van der Waals surface area contributed by atoms with Crippen molar-refractivity contribution >= 4 is 70.7 Å². The molecular weight excluding hydrogens is 581 g/mol. The highest BCUT2D eigenvalue weighted by atomic mass is 15.0. The molecule has 9 aromatic rings. The normalized spacial score (nSPS) is 13.4. The molecule has 3 N–H and O–H groups in total. The predicted molar refractivity (Wildman–Crippen MR) is 206 cm³/mol. The third-order valence-corrected chi connectivity index (χ3v) is 9.91. The van der Waals surface area contributed by atoms with E-state index in [-0.39, 0.29) is 12.2 Å². The monoisotopic (exact) mass is 614 g/mol. The third kappa shape index (κ3) is 4.82. The van der Waals surface area contributed by atoms with Crippen LogP contribution in [0.15, 0.2) is 170 Å². The van der Waals surface area contributed by atoms with Crippen LogP contribution in [0.25, 0.3) is 70.7 Å². The van der Waals surface area contributed by atoms with Crippen molar-refractivity contribution in [3.05, 3.63) is 187 Å². The van der Waals surface area contributed by atoms with Crippen molar-refractivity contribution in [1.82, 2.24) is 5.32 Å². The van der Waals surface area contributed by atoms with Crippen LogP contribution in [-0.4, -0.2) is 0 Å². The lowest BCUT2D eigenvalue weighted by atomic mass is 9.91. The summed E-state index contributed by atoms with van der Waals surface area (Å²) in [6, 6.07) is 58.7. The molecule has 0 saturated heterocycles. The summed E-state index contributed by atoms with van der Waals surface area (Å²) in [7, 11) is 0. The van der Waals surface area contributed by atoms with Crippen molar-refractivity contribution in [3.63, 3.8) is 0 Å². The zero-order valence-corrected chi connectivity index (χ0v) is 26.5. The molecular formula is C46H34N2. The maximum absolute atomic E-state index is 6.88. The average Bonchev–Trinajstić information content (AvgIpc) is 3.16. The molecule has 2 atom stereocenters. The lowest BCUT2D eigenvalue weighted by Gasteiger charge is -2.23. The standard InChI is InChI=1S/C46H34N2/c47-46(31-13-2-1-3-14-31)48-45(33-23-25-41-38-20-9-8-18-36(38)37-19-10-11-21-39(37)44(41)29-33)27-26-40-35-17-7-5-15-32(35)28-43-34-16-6-4-12-30(34)22-24-42(40)43/h1-29,45-46,48H,47H2/b27-26+. The SMILES string of the molecule is NC(NC(/C=C/c1c2ccccc2cc2c1ccc1ccccc12)c1ccc2c3ccccc3c3ccccc3c2c1)c1ccccc1. The fraction of sp³-hybridized carbons (Fsp3) is 0.0435. The first-order valence-corrected chi connectivity index (χ1v) is 16.6. The molecule has 0 aliphatic heterocycles. The maximum atomic E-state index is 6.88. The summed E-state index contributed by atoms with van der Waals surface area (Å²) in [5.74, 6) is 0. The van der Waals surface area contributed by atoms with E-state index in [1.54, 1.807) is 0 Å².